The molecule has 0 heterocycles. The largest absolute Gasteiger partial charge is 0.507 e. The van der Waals surface area contributed by atoms with Crippen LogP contribution in [0.4, 0.5) is 0 Å². The lowest BCUT2D eigenvalue weighted by molar-refractivity contribution is -0.166. The number of hydrogen-bond acceptors (Lipinski definition) is 3. The molecule has 0 saturated heterocycles. The third-order valence-electron chi connectivity index (χ3n) is 3.98. The standard InChI is InChI=1S/C18H26O3/c1-2-3-4-5-6-7-13-21-18(20)12-11-16-15(14-18)9-8-10-17(16)19/h8-12,19-20H,2-7,13-14H2,1H3. The highest BCUT2D eigenvalue weighted by Gasteiger charge is 2.29. The highest BCUT2D eigenvalue weighted by atomic mass is 16.6. The summed E-state index contributed by atoms with van der Waals surface area (Å²) in [5.41, 5.74) is 1.70. The van der Waals surface area contributed by atoms with Crippen molar-refractivity contribution in [3.05, 3.63) is 35.4 Å². The number of hydrogen-bond donors (Lipinski definition) is 2. The van der Waals surface area contributed by atoms with E-state index in [0.717, 1.165) is 24.0 Å². The van der Waals surface area contributed by atoms with Gasteiger partial charge in [-0.2, -0.15) is 0 Å². The lowest BCUT2D eigenvalue weighted by Crippen LogP contribution is -2.34. The minimum atomic E-state index is -1.23. The van der Waals surface area contributed by atoms with Crippen molar-refractivity contribution >= 4 is 6.08 Å². The molecule has 1 unspecified atom stereocenters. The molecule has 1 aromatic rings. The summed E-state index contributed by atoms with van der Waals surface area (Å²) in [6, 6.07) is 5.36. The van der Waals surface area contributed by atoms with E-state index in [4.69, 9.17) is 4.74 Å². The summed E-state index contributed by atoms with van der Waals surface area (Å²) < 4.78 is 5.66. The van der Waals surface area contributed by atoms with Crippen molar-refractivity contribution in [3.63, 3.8) is 0 Å². The number of unbranched alkanes of at least 4 members (excludes halogenated alkanes) is 5. The second kappa shape index (κ2) is 7.62. The molecular weight excluding hydrogens is 264 g/mol. The average molecular weight is 290 g/mol. The summed E-state index contributed by atoms with van der Waals surface area (Å²) in [6.07, 6.45) is 11.0. The molecule has 0 saturated carbocycles. The minimum absolute atomic E-state index is 0.252. The van der Waals surface area contributed by atoms with Gasteiger partial charge in [0.15, 0.2) is 5.79 Å². The van der Waals surface area contributed by atoms with E-state index in [1.54, 1.807) is 24.3 Å². The first-order valence-electron chi connectivity index (χ1n) is 8.01. The number of ether oxygens (including phenoxy) is 1. The van der Waals surface area contributed by atoms with Crippen molar-refractivity contribution in [2.45, 2.75) is 57.7 Å². The van der Waals surface area contributed by atoms with Gasteiger partial charge in [0.05, 0.1) is 6.61 Å². The molecule has 21 heavy (non-hydrogen) atoms. The van der Waals surface area contributed by atoms with Gasteiger partial charge in [0, 0.05) is 12.0 Å². The van der Waals surface area contributed by atoms with Gasteiger partial charge in [-0.25, -0.2) is 0 Å². The fourth-order valence-electron chi connectivity index (χ4n) is 2.72. The molecule has 0 fully saturated rings. The van der Waals surface area contributed by atoms with Crippen LogP contribution in [0, 0.1) is 0 Å². The molecule has 0 spiro atoms. The molecule has 2 rings (SSSR count). The molecule has 0 amide bonds. The monoisotopic (exact) mass is 290 g/mol. The molecule has 1 atom stereocenters. The number of phenolic OH excluding ortho intramolecular Hbond substituents is 1. The Kier molecular flexibility index (Phi) is 5.83. The van der Waals surface area contributed by atoms with E-state index in [1.807, 2.05) is 6.07 Å². The molecule has 1 aliphatic rings. The molecule has 3 heteroatoms. The molecule has 0 aromatic heterocycles. The molecule has 0 bridgehead atoms. The third-order valence-corrected chi connectivity index (χ3v) is 3.98. The second-order valence-corrected chi connectivity index (χ2v) is 5.82. The Bertz CT molecular complexity index is 481. The van der Waals surface area contributed by atoms with Crippen molar-refractivity contribution in [2.75, 3.05) is 6.61 Å². The maximum Gasteiger partial charge on any atom is 0.189 e. The fourth-order valence-corrected chi connectivity index (χ4v) is 2.72. The first kappa shape index (κ1) is 16.1. The Morgan fingerprint density at radius 3 is 2.71 bits per heavy atom. The third kappa shape index (κ3) is 4.58. The van der Waals surface area contributed by atoms with Crippen molar-refractivity contribution in [3.8, 4) is 5.75 Å². The predicted octanol–water partition coefficient (Wildman–Crippen LogP) is 4.03. The van der Waals surface area contributed by atoms with E-state index in [-0.39, 0.29) is 5.75 Å². The second-order valence-electron chi connectivity index (χ2n) is 5.82. The SMILES string of the molecule is CCCCCCCCOC1(O)C=Cc2c(O)cccc2C1. The first-order chi connectivity index (χ1) is 10.1. The summed E-state index contributed by atoms with van der Waals surface area (Å²) in [4.78, 5) is 0. The van der Waals surface area contributed by atoms with Crippen molar-refractivity contribution in [1.29, 1.82) is 0 Å². The van der Waals surface area contributed by atoms with Gasteiger partial charge in [-0.3, -0.25) is 0 Å². The van der Waals surface area contributed by atoms with Gasteiger partial charge in [0.2, 0.25) is 0 Å². The number of aliphatic hydroxyl groups is 1. The van der Waals surface area contributed by atoms with Crippen molar-refractivity contribution in [1.82, 2.24) is 0 Å². The zero-order valence-electron chi connectivity index (χ0n) is 12.8. The summed E-state index contributed by atoms with van der Waals surface area (Å²) in [7, 11) is 0. The smallest absolute Gasteiger partial charge is 0.189 e. The van der Waals surface area contributed by atoms with E-state index in [9.17, 15) is 10.2 Å². The Balaban J connectivity index is 1.77. The Labute approximate surface area is 127 Å². The van der Waals surface area contributed by atoms with E-state index < -0.39 is 5.79 Å². The summed E-state index contributed by atoms with van der Waals surface area (Å²) in [6.45, 7) is 2.78. The Morgan fingerprint density at radius 1 is 1.14 bits per heavy atom. The Morgan fingerprint density at radius 2 is 1.90 bits per heavy atom. The van der Waals surface area contributed by atoms with Crippen LogP contribution in [-0.4, -0.2) is 22.6 Å². The van der Waals surface area contributed by atoms with Gasteiger partial charge in [-0.1, -0.05) is 51.2 Å². The molecule has 116 valence electrons. The normalized spacial score (nSPS) is 20.5. The quantitative estimate of drug-likeness (QED) is 0.561. The van der Waals surface area contributed by atoms with Crippen molar-refractivity contribution in [2.24, 2.45) is 0 Å². The number of benzene rings is 1. The molecule has 2 N–H and O–H groups in total. The van der Waals surface area contributed by atoms with Crippen LogP contribution in [0.3, 0.4) is 0 Å². The average Bonchev–Trinajstić information content (AvgIpc) is 2.46. The van der Waals surface area contributed by atoms with Crippen LogP contribution < -0.4 is 0 Å². The highest BCUT2D eigenvalue weighted by Crippen LogP contribution is 2.32. The van der Waals surface area contributed by atoms with Gasteiger partial charge >= 0.3 is 0 Å². The topological polar surface area (TPSA) is 49.7 Å². The predicted molar refractivity (Wildman–Crippen MR) is 85.1 cm³/mol. The highest BCUT2D eigenvalue weighted by molar-refractivity contribution is 5.64. The van der Waals surface area contributed by atoms with Crippen LogP contribution >= 0.6 is 0 Å². The first-order valence-corrected chi connectivity index (χ1v) is 8.01. The maximum absolute atomic E-state index is 10.5. The van der Waals surface area contributed by atoms with Crippen LogP contribution in [0.5, 0.6) is 5.75 Å². The van der Waals surface area contributed by atoms with E-state index in [0.29, 0.717) is 13.0 Å². The molecule has 0 aliphatic heterocycles. The summed E-state index contributed by atoms with van der Waals surface area (Å²) >= 11 is 0. The molecule has 1 aromatic carbocycles. The van der Waals surface area contributed by atoms with Crippen LogP contribution in [0.15, 0.2) is 24.3 Å². The van der Waals surface area contributed by atoms with Gasteiger partial charge < -0.3 is 14.9 Å². The number of aromatic hydroxyl groups is 1. The van der Waals surface area contributed by atoms with E-state index >= 15 is 0 Å². The minimum Gasteiger partial charge on any atom is -0.507 e. The van der Waals surface area contributed by atoms with E-state index in [2.05, 4.69) is 6.92 Å². The van der Waals surface area contributed by atoms with Gasteiger partial charge in [-0.05, 0) is 30.2 Å². The number of rotatable bonds is 8. The zero-order chi connectivity index (χ0) is 15.1. The molecule has 0 radical (unpaired) electrons. The van der Waals surface area contributed by atoms with Crippen LogP contribution in [-0.2, 0) is 11.2 Å². The van der Waals surface area contributed by atoms with Gasteiger partial charge in [0.25, 0.3) is 0 Å². The zero-order valence-corrected chi connectivity index (χ0v) is 12.8. The van der Waals surface area contributed by atoms with Gasteiger partial charge in [-0.15, -0.1) is 0 Å². The van der Waals surface area contributed by atoms with Crippen LogP contribution in [0.1, 0.15) is 56.6 Å². The fraction of sp³-hybridized carbons (Fsp3) is 0.556. The summed E-state index contributed by atoms with van der Waals surface area (Å²) in [5, 5.41) is 20.2. The lowest BCUT2D eigenvalue weighted by atomic mass is 9.92. The van der Waals surface area contributed by atoms with Gasteiger partial charge in [0.1, 0.15) is 5.75 Å². The number of phenols is 1. The number of fused-ring (bicyclic) bond motifs is 1. The molecule has 3 nitrogen and oxygen atoms in total. The van der Waals surface area contributed by atoms with E-state index in [1.165, 1.54) is 25.7 Å². The molecule has 1 aliphatic carbocycles. The maximum atomic E-state index is 10.5. The molecular formula is C18H26O3. The Hall–Kier alpha value is -1.32. The van der Waals surface area contributed by atoms with Crippen molar-refractivity contribution < 1.29 is 14.9 Å². The van der Waals surface area contributed by atoms with Crippen LogP contribution in [0.25, 0.3) is 6.08 Å². The van der Waals surface area contributed by atoms with Crippen LogP contribution in [0.2, 0.25) is 0 Å². The lowest BCUT2D eigenvalue weighted by Gasteiger charge is -2.29. The summed E-state index contributed by atoms with van der Waals surface area (Å²) in [5.74, 6) is -0.980.